The molecular formula is C11H12OS. The summed E-state index contributed by atoms with van der Waals surface area (Å²) in [5.74, 6) is 0.917. The van der Waals surface area contributed by atoms with E-state index in [-0.39, 0.29) is 5.60 Å². The molecule has 2 rings (SSSR count). The molecular weight excluding hydrogens is 180 g/mol. The molecule has 1 aromatic carbocycles. The highest BCUT2D eigenvalue weighted by Gasteiger charge is 2.21. The molecule has 0 spiro atoms. The molecule has 0 aliphatic carbocycles. The van der Waals surface area contributed by atoms with Crippen LogP contribution in [0.5, 0.6) is 5.75 Å². The van der Waals surface area contributed by atoms with Gasteiger partial charge >= 0.3 is 0 Å². The Hall–Kier alpha value is -0.890. The highest BCUT2D eigenvalue weighted by Crippen LogP contribution is 2.32. The monoisotopic (exact) mass is 192 g/mol. The van der Waals surface area contributed by atoms with Crippen molar-refractivity contribution in [3.63, 3.8) is 0 Å². The van der Waals surface area contributed by atoms with Gasteiger partial charge in [0.2, 0.25) is 0 Å². The quantitative estimate of drug-likeness (QED) is 0.621. The van der Waals surface area contributed by atoms with E-state index in [1.807, 2.05) is 32.0 Å². The molecule has 0 radical (unpaired) electrons. The van der Waals surface area contributed by atoms with Gasteiger partial charge in [-0.15, -0.1) is 12.6 Å². The number of rotatable bonds is 0. The molecule has 68 valence electrons. The second-order valence-corrected chi connectivity index (χ2v) is 4.28. The van der Waals surface area contributed by atoms with Crippen LogP contribution in [0.2, 0.25) is 0 Å². The van der Waals surface area contributed by atoms with Crippen LogP contribution in [0.15, 0.2) is 29.2 Å². The van der Waals surface area contributed by atoms with Gasteiger partial charge in [0.05, 0.1) is 0 Å². The van der Waals surface area contributed by atoms with Crippen molar-refractivity contribution in [3.8, 4) is 5.75 Å². The van der Waals surface area contributed by atoms with Crippen molar-refractivity contribution in [2.45, 2.75) is 24.3 Å². The van der Waals surface area contributed by atoms with E-state index in [0.29, 0.717) is 0 Å². The number of fused-ring (bicyclic) bond motifs is 1. The molecule has 1 aliphatic rings. The average Bonchev–Trinajstić information content (AvgIpc) is 2.01. The Morgan fingerprint density at radius 2 is 2.08 bits per heavy atom. The summed E-state index contributed by atoms with van der Waals surface area (Å²) in [6, 6.07) is 5.93. The lowest BCUT2D eigenvalue weighted by Crippen LogP contribution is -2.27. The van der Waals surface area contributed by atoms with Gasteiger partial charge in [-0.1, -0.05) is 12.1 Å². The number of benzene rings is 1. The molecule has 0 saturated carbocycles. The van der Waals surface area contributed by atoms with Gasteiger partial charge in [0.1, 0.15) is 11.4 Å². The van der Waals surface area contributed by atoms with Crippen LogP contribution in [0.1, 0.15) is 19.4 Å². The molecule has 0 atom stereocenters. The third-order valence-electron chi connectivity index (χ3n) is 2.03. The molecule has 0 unspecified atom stereocenters. The van der Waals surface area contributed by atoms with Crippen molar-refractivity contribution in [2.24, 2.45) is 0 Å². The topological polar surface area (TPSA) is 9.23 Å². The molecule has 0 N–H and O–H groups in total. The number of hydrogen-bond donors (Lipinski definition) is 1. The molecule has 1 nitrogen and oxygen atoms in total. The van der Waals surface area contributed by atoms with Crippen molar-refractivity contribution in [1.29, 1.82) is 0 Å². The predicted octanol–water partition coefficient (Wildman–Crippen LogP) is 3.16. The van der Waals surface area contributed by atoms with Gasteiger partial charge in [-0.2, -0.15) is 0 Å². The molecule has 2 heteroatoms. The maximum absolute atomic E-state index is 5.76. The van der Waals surface area contributed by atoms with Gasteiger partial charge in [0.15, 0.2) is 0 Å². The summed E-state index contributed by atoms with van der Waals surface area (Å²) in [7, 11) is 0. The lowest BCUT2D eigenvalue weighted by Gasteiger charge is -2.27. The zero-order valence-corrected chi connectivity index (χ0v) is 8.64. The first-order valence-electron chi connectivity index (χ1n) is 4.28. The van der Waals surface area contributed by atoms with E-state index in [2.05, 4.69) is 24.8 Å². The first-order chi connectivity index (χ1) is 6.07. The van der Waals surface area contributed by atoms with E-state index < -0.39 is 0 Å². The molecule has 0 saturated heterocycles. The zero-order valence-electron chi connectivity index (χ0n) is 7.74. The minimum absolute atomic E-state index is 0.200. The summed E-state index contributed by atoms with van der Waals surface area (Å²) in [5, 5.41) is 0. The Morgan fingerprint density at radius 3 is 2.85 bits per heavy atom. The molecule has 1 aliphatic heterocycles. The fraction of sp³-hybridized carbons (Fsp3) is 0.273. The number of hydrogen-bond acceptors (Lipinski definition) is 2. The van der Waals surface area contributed by atoms with Crippen molar-refractivity contribution >= 4 is 18.7 Å². The van der Waals surface area contributed by atoms with Crippen LogP contribution >= 0.6 is 12.6 Å². The van der Waals surface area contributed by atoms with Gasteiger partial charge in [-0.05, 0) is 32.1 Å². The van der Waals surface area contributed by atoms with Crippen LogP contribution in [-0.4, -0.2) is 5.60 Å². The molecule has 0 fully saturated rings. The molecule has 13 heavy (non-hydrogen) atoms. The van der Waals surface area contributed by atoms with Crippen molar-refractivity contribution in [2.75, 3.05) is 0 Å². The largest absolute Gasteiger partial charge is 0.483 e. The van der Waals surface area contributed by atoms with Crippen LogP contribution in [0.3, 0.4) is 0 Å². The van der Waals surface area contributed by atoms with Crippen molar-refractivity contribution < 1.29 is 4.74 Å². The third-order valence-corrected chi connectivity index (χ3v) is 2.31. The summed E-state index contributed by atoms with van der Waals surface area (Å²) < 4.78 is 5.76. The smallest absolute Gasteiger partial charge is 0.128 e. The molecule has 0 bridgehead atoms. The summed E-state index contributed by atoms with van der Waals surface area (Å²) in [6.45, 7) is 4.08. The van der Waals surface area contributed by atoms with Gasteiger partial charge in [0.25, 0.3) is 0 Å². The summed E-state index contributed by atoms with van der Waals surface area (Å²) in [6.07, 6.45) is 4.15. The van der Waals surface area contributed by atoms with Crippen molar-refractivity contribution in [1.82, 2.24) is 0 Å². The van der Waals surface area contributed by atoms with E-state index in [9.17, 15) is 0 Å². The van der Waals surface area contributed by atoms with Crippen molar-refractivity contribution in [3.05, 3.63) is 29.8 Å². The van der Waals surface area contributed by atoms with E-state index in [1.54, 1.807) is 0 Å². The summed E-state index contributed by atoms with van der Waals surface area (Å²) >= 11 is 4.27. The van der Waals surface area contributed by atoms with Crippen LogP contribution in [-0.2, 0) is 0 Å². The average molecular weight is 192 g/mol. The first kappa shape index (κ1) is 8.70. The minimum atomic E-state index is -0.200. The molecule has 1 heterocycles. The highest BCUT2D eigenvalue weighted by molar-refractivity contribution is 7.80. The Bertz CT molecular complexity index is 366. The molecule has 1 aromatic rings. The van der Waals surface area contributed by atoms with E-state index in [1.165, 1.54) is 0 Å². The van der Waals surface area contributed by atoms with Gasteiger partial charge in [0, 0.05) is 10.5 Å². The Kier molecular flexibility index (Phi) is 1.88. The Morgan fingerprint density at radius 1 is 1.31 bits per heavy atom. The Labute approximate surface area is 83.8 Å². The van der Waals surface area contributed by atoms with Gasteiger partial charge in [-0.3, -0.25) is 0 Å². The standard InChI is InChI=1S/C11H12OS/c1-11(2)6-5-8-3-4-9(13)7-10(8)12-11/h3-7,13H,1-2H3. The fourth-order valence-corrected chi connectivity index (χ4v) is 1.55. The number of ether oxygens (including phenoxy) is 1. The van der Waals surface area contributed by atoms with E-state index >= 15 is 0 Å². The van der Waals surface area contributed by atoms with Gasteiger partial charge in [-0.25, -0.2) is 0 Å². The molecule has 0 aromatic heterocycles. The second kappa shape index (κ2) is 2.81. The Balaban J connectivity index is 2.48. The highest BCUT2D eigenvalue weighted by atomic mass is 32.1. The summed E-state index contributed by atoms with van der Waals surface area (Å²) in [5.41, 5.74) is 0.923. The first-order valence-corrected chi connectivity index (χ1v) is 4.73. The lowest BCUT2D eigenvalue weighted by atomic mass is 10.0. The minimum Gasteiger partial charge on any atom is -0.483 e. The van der Waals surface area contributed by atoms with Crippen LogP contribution in [0, 0.1) is 0 Å². The van der Waals surface area contributed by atoms with Crippen LogP contribution in [0.25, 0.3) is 6.08 Å². The van der Waals surface area contributed by atoms with E-state index in [0.717, 1.165) is 16.2 Å². The zero-order chi connectivity index (χ0) is 9.47. The maximum Gasteiger partial charge on any atom is 0.128 e. The fourth-order valence-electron chi connectivity index (χ4n) is 1.36. The maximum atomic E-state index is 5.76. The molecule has 0 amide bonds. The summed E-state index contributed by atoms with van der Waals surface area (Å²) in [4.78, 5) is 0.935. The van der Waals surface area contributed by atoms with Gasteiger partial charge < -0.3 is 4.74 Å². The third kappa shape index (κ3) is 1.73. The normalized spacial score (nSPS) is 17.8. The van der Waals surface area contributed by atoms with E-state index in [4.69, 9.17) is 4.74 Å². The van der Waals surface area contributed by atoms with Crippen LogP contribution < -0.4 is 4.74 Å². The second-order valence-electron chi connectivity index (χ2n) is 3.76. The lowest BCUT2D eigenvalue weighted by molar-refractivity contribution is 0.158. The predicted molar refractivity (Wildman–Crippen MR) is 57.4 cm³/mol. The number of thiol groups is 1. The van der Waals surface area contributed by atoms with Crippen LogP contribution in [0.4, 0.5) is 0 Å². The SMILES string of the molecule is CC1(C)C=Cc2ccc(S)cc2O1.